The Kier molecular flexibility index (Phi) is 4.86. The van der Waals surface area contributed by atoms with Crippen molar-refractivity contribution in [3.8, 4) is 0 Å². The molecule has 0 spiro atoms. The van der Waals surface area contributed by atoms with E-state index >= 15 is 0 Å². The number of likely N-dealkylation sites (N-methyl/N-ethyl adjacent to an activating group) is 1. The lowest BCUT2D eigenvalue weighted by Gasteiger charge is -2.38. The van der Waals surface area contributed by atoms with E-state index < -0.39 is 0 Å². The Bertz CT molecular complexity index is 1000. The number of carbonyl (C=O) groups is 1. The number of aromatic amines is 1. The molecule has 1 N–H and O–H groups in total. The lowest BCUT2D eigenvalue weighted by atomic mass is 9.92. The third-order valence-electron chi connectivity index (χ3n) is 6.42. The van der Waals surface area contributed by atoms with Crippen LogP contribution in [0.1, 0.15) is 22.9 Å². The minimum absolute atomic E-state index is 0.0488. The first kappa shape index (κ1) is 18.4. The van der Waals surface area contributed by atoms with Crippen molar-refractivity contribution in [3.05, 3.63) is 71.4 Å². The van der Waals surface area contributed by atoms with Crippen LogP contribution in [0.3, 0.4) is 0 Å². The van der Waals surface area contributed by atoms with E-state index in [-0.39, 0.29) is 11.9 Å². The van der Waals surface area contributed by atoms with Gasteiger partial charge in [0.2, 0.25) is 5.91 Å². The van der Waals surface area contributed by atoms with Gasteiger partial charge in [-0.15, -0.1) is 0 Å². The summed E-state index contributed by atoms with van der Waals surface area (Å²) in [6, 6.07) is 18.9. The van der Waals surface area contributed by atoms with Gasteiger partial charge in [0.1, 0.15) is 0 Å². The number of fused-ring (bicyclic) bond motifs is 3. The number of nitrogens with zero attached hydrogens (tertiary/aromatic N) is 3. The maximum Gasteiger partial charge on any atom is 0.237 e. The lowest BCUT2D eigenvalue weighted by molar-refractivity contribution is -0.135. The zero-order chi connectivity index (χ0) is 19.8. The van der Waals surface area contributed by atoms with E-state index in [4.69, 9.17) is 0 Å². The third-order valence-corrected chi connectivity index (χ3v) is 6.42. The first-order valence-corrected chi connectivity index (χ1v) is 10.6. The van der Waals surface area contributed by atoms with Crippen molar-refractivity contribution < 1.29 is 4.79 Å². The predicted octanol–water partition coefficient (Wildman–Crippen LogP) is 2.89. The molecule has 1 unspecified atom stereocenters. The largest absolute Gasteiger partial charge is 0.356 e. The van der Waals surface area contributed by atoms with Crippen LogP contribution in [0, 0.1) is 0 Å². The number of H-pyrrole nitrogens is 1. The molecular weight excluding hydrogens is 360 g/mol. The number of benzene rings is 2. The Morgan fingerprint density at radius 2 is 1.69 bits per heavy atom. The molecule has 5 rings (SSSR count). The second-order valence-electron chi connectivity index (χ2n) is 8.29. The topological polar surface area (TPSA) is 42.6 Å². The zero-order valence-corrected chi connectivity index (χ0v) is 17.0. The predicted molar refractivity (Wildman–Crippen MR) is 116 cm³/mol. The van der Waals surface area contributed by atoms with Crippen LogP contribution in [0.25, 0.3) is 10.9 Å². The molecule has 150 valence electrons. The molecule has 0 radical (unpaired) electrons. The SMILES string of the molecule is CN1CCN(CC(=O)N2CCc3c([nH]c4ccccc34)C2c2ccccc2)CC1. The van der Waals surface area contributed by atoms with Crippen molar-refractivity contribution in [2.45, 2.75) is 12.5 Å². The number of hydrogen-bond acceptors (Lipinski definition) is 3. The minimum atomic E-state index is -0.0488. The van der Waals surface area contributed by atoms with Crippen molar-refractivity contribution in [1.29, 1.82) is 0 Å². The van der Waals surface area contributed by atoms with Crippen molar-refractivity contribution in [2.24, 2.45) is 0 Å². The summed E-state index contributed by atoms with van der Waals surface area (Å²) < 4.78 is 0. The summed E-state index contributed by atoms with van der Waals surface area (Å²) in [6.45, 7) is 5.25. The summed E-state index contributed by atoms with van der Waals surface area (Å²) in [7, 11) is 2.15. The summed E-state index contributed by atoms with van der Waals surface area (Å²) in [5.74, 6) is 0.229. The van der Waals surface area contributed by atoms with Gasteiger partial charge >= 0.3 is 0 Å². The number of carbonyl (C=O) groups excluding carboxylic acids is 1. The second kappa shape index (κ2) is 7.65. The number of rotatable bonds is 3. The molecule has 1 amide bonds. The monoisotopic (exact) mass is 388 g/mol. The van der Waals surface area contributed by atoms with Gasteiger partial charge < -0.3 is 14.8 Å². The summed E-state index contributed by atoms with van der Waals surface area (Å²) in [5, 5.41) is 1.29. The number of hydrogen-bond donors (Lipinski definition) is 1. The highest BCUT2D eigenvalue weighted by molar-refractivity contribution is 5.87. The Labute approximate surface area is 171 Å². The van der Waals surface area contributed by atoms with Gasteiger partial charge in [0.05, 0.1) is 12.6 Å². The lowest BCUT2D eigenvalue weighted by Crippen LogP contribution is -2.50. The smallest absolute Gasteiger partial charge is 0.237 e. The molecule has 1 atom stereocenters. The van der Waals surface area contributed by atoms with E-state index in [9.17, 15) is 4.79 Å². The highest BCUT2D eigenvalue weighted by atomic mass is 16.2. The number of para-hydroxylation sites is 1. The maximum absolute atomic E-state index is 13.4. The molecule has 1 saturated heterocycles. The van der Waals surface area contributed by atoms with Crippen LogP contribution in [-0.4, -0.2) is 71.9 Å². The Morgan fingerprint density at radius 3 is 2.48 bits per heavy atom. The highest BCUT2D eigenvalue weighted by Crippen LogP contribution is 2.38. The average Bonchev–Trinajstić information content (AvgIpc) is 3.14. The Hall–Kier alpha value is -2.63. The number of piperazine rings is 1. The van der Waals surface area contributed by atoms with Gasteiger partial charge in [-0.2, -0.15) is 0 Å². The van der Waals surface area contributed by atoms with Crippen LogP contribution in [0.5, 0.6) is 0 Å². The van der Waals surface area contributed by atoms with Gasteiger partial charge in [-0.25, -0.2) is 0 Å². The fourth-order valence-electron chi connectivity index (χ4n) is 4.78. The first-order chi connectivity index (χ1) is 14.2. The number of nitrogens with one attached hydrogen (secondary N) is 1. The van der Waals surface area contributed by atoms with Gasteiger partial charge in [-0.3, -0.25) is 9.69 Å². The van der Waals surface area contributed by atoms with Crippen molar-refractivity contribution in [2.75, 3.05) is 46.3 Å². The highest BCUT2D eigenvalue weighted by Gasteiger charge is 2.35. The van der Waals surface area contributed by atoms with Gasteiger partial charge in [0.15, 0.2) is 0 Å². The van der Waals surface area contributed by atoms with Crippen LogP contribution < -0.4 is 0 Å². The molecule has 3 aromatic rings. The molecule has 0 saturated carbocycles. The Balaban J connectivity index is 1.49. The van der Waals surface area contributed by atoms with E-state index in [1.807, 2.05) is 6.07 Å². The third kappa shape index (κ3) is 3.45. The molecule has 0 bridgehead atoms. The van der Waals surface area contributed by atoms with Crippen LogP contribution in [0.4, 0.5) is 0 Å². The van der Waals surface area contributed by atoms with Crippen molar-refractivity contribution in [1.82, 2.24) is 19.7 Å². The molecule has 29 heavy (non-hydrogen) atoms. The summed E-state index contributed by atoms with van der Waals surface area (Å²) in [5.41, 5.74) is 4.87. The molecule has 2 aliphatic heterocycles. The molecule has 0 aliphatic carbocycles. The van der Waals surface area contributed by atoms with E-state index in [0.29, 0.717) is 6.54 Å². The molecule has 5 nitrogen and oxygen atoms in total. The van der Waals surface area contributed by atoms with E-state index in [2.05, 4.69) is 75.3 Å². The normalized spacial score (nSPS) is 20.7. The van der Waals surface area contributed by atoms with Crippen LogP contribution in [0.15, 0.2) is 54.6 Å². The average molecular weight is 389 g/mol. The summed E-state index contributed by atoms with van der Waals surface area (Å²) >= 11 is 0. The number of aromatic nitrogens is 1. The number of amides is 1. The van der Waals surface area contributed by atoms with E-state index in [0.717, 1.165) is 44.7 Å². The van der Waals surface area contributed by atoms with Crippen LogP contribution in [-0.2, 0) is 11.2 Å². The Morgan fingerprint density at radius 1 is 0.966 bits per heavy atom. The van der Waals surface area contributed by atoms with Gasteiger partial charge in [0, 0.05) is 49.3 Å². The van der Waals surface area contributed by atoms with E-state index in [1.54, 1.807) is 0 Å². The summed E-state index contributed by atoms with van der Waals surface area (Å²) in [4.78, 5) is 23.8. The minimum Gasteiger partial charge on any atom is -0.356 e. The molecular formula is C24H28N4O. The first-order valence-electron chi connectivity index (χ1n) is 10.6. The second-order valence-corrected chi connectivity index (χ2v) is 8.29. The van der Waals surface area contributed by atoms with Crippen molar-refractivity contribution in [3.63, 3.8) is 0 Å². The zero-order valence-electron chi connectivity index (χ0n) is 17.0. The molecule has 2 aromatic carbocycles. The quantitative estimate of drug-likeness (QED) is 0.750. The molecule has 1 fully saturated rings. The maximum atomic E-state index is 13.4. The van der Waals surface area contributed by atoms with Gasteiger partial charge in [0.25, 0.3) is 0 Å². The molecule has 1 aromatic heterocycles. The van der Waals surface area contributed by atoms with Crippen LogP contribution in [0.2, 0.25) is 0 Å². The van der Waals surface area contributed by atoms with Gasteiger partial charge in [-0.05, 0) is 30.7 Å². The molecule has 2 aliphatic rings. The standard InChI is InChI=1S/C24H28N4O/c1-26-13-15-27(16-14-26)17-22(29)28-12-11-20-19-9-5-6-10-21(19)25-23(20)24(28)18-7-3-2-4-8-18/h2-10,24-25H,11-17H2,1H3. The van der Waals surface area contributed by atoms with E-state index in [1.165, 1.54) is 22.2 Å². The fourth-order valence-corrected chi connectivity index (χ4v) is 4.78. The van der Waals surface area contributed by atoms with Crippen LogP contribution >= 0.6 is 0 Å². The fraction of sp³-hybridized carbons (Fsp3) is 0.375. The van der Waals surface area contributed by atoms with Gasteiger partial charge in [-0.1, -0.05) is 48.5 Å². The molecule has 3 heterocycles. The van der Waals surface area contributed by atoms with Crippen molar-refractivity contribution >= 4 is 16.8 Å². The molecule has 5 heteroatoms. The summed E-state index contributed by atoms with van der Waals surface area (Å²) in [6.07, 6.45) is 0.900.